The van der Waals surface area contributed by atoms with E-state index in [2.05, 4.69) is 20.1 Å². The van der Waals surface area contributed by atoms with Crippen molar-refractivity contribution in [1.29, 1.82) is 0 Å². The van der Waals surface area contributed by atoms with Gasteiger partial charge in [0.1, 0.15) is 15.6 Å². The lowest BCUT2D eigenvalue weighted by molar-refractivity contribution is 0.0750. The first-order valence-electron chi connectivity index (χ1n) is 10.1. The van der Waals surface area contributed by atoms with E-state index >= 15 is 0 Å². The lowest BCUT2D eigenvalue weighted by atomic mass is 10.2. The first-order chi connectivity index (χ1) is 15.2. The van der Waals surface area contributed by atoms with Crippen molar-refractivity contribution >= 4 is 23.1 Å². The molecule has 1 aromatic carbocycles. The molecule has 31 heavy (non-hydrogen) atoms. The van der Waals surface area contributed by atoms with Crippen LogP contribution >= 0.6 is 11.3 Å². The molecule has 0 N–H and O–H groups in total. The summed E-state index contributed by atoms with van der Waals surface area (Å²) in [4.78, 5) is 22.5. The summed E-state index contributed by atoms with van der Waals surface area (Å²) in [6, 6.07) is 17.5. The quantitative estimate of drug-likeness (QED) is 0.484. The van der Waals surface area contributed by atoms with Gasteiger partial charge in [-0.15, -0.1) is 21.5 Å². The van der Waals surface area contributed by atoms with Crippen molar-refractivity contribution in [2.45, 2.75) is 6.92 Å². The van der Waals surface area contributed by atoms with Crippen LogP contribution in [0.4, 0.5) is 5.82 Å². The topological polar surface area (TPSA) is 75.4 Å². The maximum Gasteiger partial charge on any atom is 0.265 e. The van der Waals surface area contributed by atoms with E-state index < -0.39 is 0 Å². The molecule has 7 nitrogen and oxygen atoms in total. The molecule has 0 unspecified atom stereocenters. The van der Waals surface area contributed by atoms with Gasteiger partial charge in [-0.3, -0.25) is 4.79 Å². The van der Waals surface area contributed by atoms with Crippen LogP contribution in [-0.2, 0) is 0 Å². The van der Waals surface area contributed by atoms with Crippen molar-refractivity contribution in [1.82, 2.24) is 20.1 Å². The molecule has 0 spiro atoms. The maximum atomic E-state index is 13.1. The standard InChI is InChI=1S/C23H21N5O2S/c1-16-21(31-22(24-16)17-6-3-2-4-7-17)23(29)28-13-11-27(12-14-28)20-10-9-18(25-26-20)19-8-5-15-30-19/h2-10,15H,11-14H2,1H3. The molecule has 1 fully saturated rings. The number of anilines is 1. The van der Waals surface area contributed by atoms with E-state index in [0.717, 1.165) is 27.0 Å². The zero-order valence-corrected chi connectivity index (χ0v) is 17.9. The van der Waals surface area contributed by atoms with E-state index in [0.29, 0.717) is 37.6 Å². The van der Waals surface area contributed by atoms with Crippen LogP contribution in [-0.4, -0.2) is 52.2 Å². The van der Waals surface area contributed by atoms with Crippen LogP contribution in [0.5, 0.6) is 0 Å². The second kappa shape index (κ2) is 8.31. The van der Waals surface area contributed by atoms with E-state index in [1.807, 2.05) is 66.4 Å². The number of nitrogens with zero attached hydrogens (tertiary/aromatic N) is 5. The maximum absolute atomic E-state index is 13.1. The van der Waals surface area contributed by atoms with Crippen molar-refractivity contribution in [3.63, 3.8) is 0 Å². The second-order valence-electron chi connectivity index (χ2n) is 7.33. The Morgan fingerprint density at radius 2 is 1.77 bits per heavy atom. The normalized spacial score (nSPS) is 14.1. The van der Waals surface area contributed by atoms with Gasteiger partial charge in [0.05, 0.1) is 12.0 Å². The number of thiazole rings is 1. The Morgan fingerprint density at radius 3 is 2.45 bits per heavy atom. The minimum Gasteiger partial charge on any atom is -0.463 e. The lowest BCUT2D eigenvalue weighted by Crippen LogP contribution is -2.49. The third-order valence-electron chi connectivity index (χ3n) is 5.33. The molecule has 0 atom stereocenters. The summed E-state index contributed by atoms with van der Waals surface area (Å²) in [6.45, 7) is 4.60. The lowest BCUT2D eigenvalue weighted by Gasteiger charge is -2.35. The second-order valence-corrected chi connectivity index (χ2v) is 8.33. The first kappa shape index (κ1) is 19.4. The average molecular weight is 432 g/mol. The summed E-state index contributed by atoms with van der Waals surface area (Å²) in [6.07, 6.45) is 1.62. The van der Waals surface area contributed by atoms with Crippen molar-refractivity contribution < 1.29 is 9.21 Å². The van der Waals surface area contributed by atoms with Crippen LogP contribution in [0, 0.1) is 6.92 Å². The molecule has 0 saturated carbocycles. The highest BCUT2D eigenvalue weighted by atomic mass is 32.1. The van der Waals surface area contributed by atoms with Gasteiger partial charge in [0.25, 0.3) is 5.91 Å². The van der Waals surface area contributed by atoms with Crippen LogP contribution in [0.1, 0.15) is 15.4 Å². The monoisotopic (exact) mass is 431 g/mol. The van der Waals surface area contributed by atoms with E-state index in [1.165, 1.54) is 11.3 Å². The van der Waals surface area contributed by atoms with Crippen molar-refractivity contribution in [2.75, 3.05) is 31.1 Å². The number of aromatic nitrogens is 3. The molecule has 4 heterocycles. The number of benzene rings is 1. The number of piperazine rings is 1. The predicted molar refractivity (Wildman–Crippen MR) is 120 cm³/mol. The molecular formula is C23H21N5O2S. The van der Waals surface area contributed by atoms with Gasteiger partial charge in [-0.05, 0) is 31.2 Å². The largest absolute Gasteiger partial charge is 0.463 e. The van der Waals surface area contributed by atoms with Gasteiger partial charge in [0.15, 0.2) is 11.6 Å². The molecule has 1 aliphatic heterocycles. The van der Waals surface area contributed by atoms with E-state index in [1.54, 1.807) is 6.26 Å². The van der Waals surface area contributed by atoms with Crippen LogP contribution < -0.4 is 4.90 Å². The van der Waals surface area contributed by atoms with Crippen molar-refractivity contribution in [3.8, 4) is 22.0 Å². The summed E-state index contributed by atoms with van der Waals surface area (Å²) in [5.74, 6) is 1.56. The van der Waals surface area contributed by atoms with Gasteiger partial charge in [-0.2, -0.15) is 0 Å². The third-order valence-corrected chi connectivity index (χ3v) is 6.52. The van der Waals surface area contributed by atoms with Gasteiger partial charge in [0.2, 0.25) is 0 Å². The number of furan rings is 1. The highest BCUT2D eigenvalue weighted by molar-refractivity contribution is 7.17. The molecule has 4 aromatic rings. The molecule has 3 aromatic heterocycles. The fourth-order valence-corrected chi connectivity index (χ4v) is 4.67. The molecule has 8 heteroatoms. The molecule has 0 bridgehead atoms. The average Bonchev–Trinajstić information content (AvgIpc) is 3.50. The minimum atomic E-state index is 0.0519. The summed E-state index contributed by atoms with van der Waals surface area (Å²) >= 11 is 1.46. The number of carbonyl (C=O) groups is 1. The zero-order chi connectivity index (χ0) is 21.2. The van der Waals surface area contributed by atoms with Gasteiger partial charge < -0.3 is 14.2 Å². The Morgan fingerprint density at radius 1 is 0.968 bits per heavy atom. The molecule has 1 aliphatic rings. The summed E-state index contributed by atoms with van der Waals surface area (Å²) < 4.78 is 5.36. The van der Waals surface area contributed by atoms with E-state index in [-0.39, 0.29) is 5.91 Å². The number of hydrogen-bond acceptors (Lipinski definition) is 7. The van der Waals surface area contributed by atoms with Crippen LogP contribution in [0.15, 0.2) is 65.3 Å². The molecular weight excluding hydrogens is 410 g/mol. The van der Waals surface area contributed by atoms with E-state index in [9.17, 15) is 4.79 Å². The fourth-order valence-electron chi connectivity index (χ4n) is 3.63. The van der Waals surface area contributed by atoms with Crippen LogP contribution in [0.3, 0.4) is 0 Å². The minimum absolute atomic E-state index is 0.0519. The Bertz CT molecular complexity index is 1160. The SMILES string of the molecule is Cc1nc(-c2ccccc2)sc1C(=O)N1CCN(c2ccc(-c3ccco3)nn2)CC1. The summed E-state index contributed by atoms with van der Waals surface area (Å²) in [5, 5.41) is 9.49. The molecule has 0 aliphatic carbocycles. The number of rotatable bonds is 4. The number of aryl methyl sites for hydroxylation is 1. The molecule has 1 amide bonds. The Balaban J connectivity index is 1.24. The van der Waals surface area contributed by atoms with Crippen LogP contribution in [0.2, 0.25) is 0 Å². The van der Waals surface area contributed by atoms with Crippen molar-refractivity contribution in [3.05, 3.63) is 71.4 Å². The summed E-state index contributed by atoms with van der Waals surface area (Å²) in [5.41, 5.74) is 2.53. The molecule has 1 saturated heterocycles. The number of hydrogen-bond donors (Lipinski definition) is 0. The van der Waals surface area contributed by atoms with Crippen molar-refractivity contribution in [2.24, 2.45) is 0 Å². The van der Waals surface area contributed by atoms with Gasteiger partial charge in [0, 0.05) is 31.7 Å². The van der Waals surface area contributed by atoms with Gasteiger partial charge in [-0.25, -0.2) is 4.98 Å². The molecule has 156 valence electrons. The van der Waals surface area contributed by atoms with Gasteiger partial charge >= 0.3 is 0 Å². The highest BCUT2D eigenvalue weighted by Crippen LogP contribution is 2.29. The summed E-state index contributed by atoms with van der Waals surface area (Å²) in [7, 11) is 0. The fraction of sp³-hybridized carbons (Fsp3) is 0.217. The predicted octanol–water partition coefficient (Wildman–Crippen LogP) is 4.13. The first-order valence-corrected chi connectivity index (χ1v) is 11.0. The zero-order valence-electron chi connectivity index (χ0n) is 17.1. The Hall–Kier alpha value is -3.52. The number of amides is 1. The molecule has 5 rings (SSSR count). The Kier molecular flexibility index (Phi) is 5.21. The molecule has 0 radical (unpaired) electrons. The Labute approximate surface area is 184 Å². The smallest absolute Gasteiger partial charge is 0.265 e. The third kappa shape index (κ3) is 3.94. The van der Waals surface area contributed by atoms with Crippen LogP contribution in [0.25, 0.3) is 22.0 Å². The number of carbonyl (C=O) groups excluding carboxylic acids is 1. The van der Waals surface area contributed by atoms with E-state index in [4.69, 9.17) is 4.42 Å². The van der Waals surface area contributed by atoms with Gasteiger partial charge in [-0.1, -0.05) is 30.3 Å². The highest BCUT2D eigenvalue weighted by Gasteiger charge is 2.26.